The Bertz CT molecular complexity index is 493. The number of nitrogens with zero attached hydrogens (tertiary/aromatic N) is 3. The van der Waals surface area contributed by atoms with Gasteiger partial charge in [-0.15, -0.1) is 5.10 Å². The average molecular weight is 271 g/mol. The first kappa shape index (κ1) is 14.9. The van der Waals surface area contributed by atoms with Crippen molar-refractivity contribution in [2.45, 2.75) is 39.3 Å². The van der Waals surface area contributed by atoms with E-state index in [0.717, 1.165) is 6.20 Å². The maximum Gasteiger partial charge on any atom is 0.350 e. The van der Waals surface area contributed by atoms with E-state index in [4.69, 9.17) is 4.74 Å². The van der Waals surface area contributed by atoms with Crippen LogP contribution in [0, 0.1) is 10.1 Å². The molecule has 0 saturated carbocycles. The molecule has 1 heterocycles. The summed E-state index contributed by atoms with van der Waals surface area (Å²) in [5.41, 5.74) is -1.44. The van der Waals surface area contributed by atoms with Crippen LogP contribution in [-0.4, -0.2) is 33.9 Å². The monoisotopic (exact) mass is 271 g/mol. The van der Waals surface area contributed by atoms with Gasteiger partial charge in [0.2, 0.25) is 0 Å². The SMILES string of the molecule is COC(=O)C(C)(C)n1cc([N+](=O)[O-])c(OC(C)C)n1. The number of hydrogen-bond donors (Lipinski definition) is 0. The van der Waals surface area contributed by atoms with Gasteiger partial charge in [-0.2, -0.15) is 0 Å². The highest BCUT2D eigenvalue weighted by Crippen LogP contribution is 2.29. The van der Waals surface area contributed by atoms with Crippen molar-refractivity contribution in [3.8, 4) is 5.88 Å². The van der Waals surface area contributed by atoms with Gasteiger partial charge in [-0.25, -0.2) is 9.48 Å². The van der Waals surface area contributed by atoms with E-state index in [2.05, 4.69) is 9.84 Å². The second kappa shape index (κ2) is 5.25. The van der Waals surface area contributed by atoms with Crippen molar-refractivity contribution in [1.82, 2.24) is 9.78 Å². The van der Waals surface area contributed by atoms with Crippen LogP contribution in [0.5, 0.6) is 5.88 Å². The summed E-state index contributed by atoms with van der Waals surface area (Å²) in [5.74, 6) is -0.669. The van der Waals surface area contributed by atoms with Crippen molar-refractivity contribution in [2.24, 2.45) is 0 Å². The third kappa shape index (κ3) is 3.01. The maximum absolute atomic E-state index is 11.7. The molecule has 0 aliphatic rings. The first-order chi connectivity index (χ1) is 8.70. The van der Waals surface area contributed by atoms with Crippen LogP contribution in [0.3, 0.4) is 0 Å². The van der Waals surface area contributed by atoms with Crippen LogP contribution in [0.1, 0.15) is 27.7 Å². The third-order valence-corrected chi connectivity index (χ3v) is 2.46. The van der Waals surface area contributed by atoms with Gasteiger partial charge in [0, 0.05) is 0 Å². The van der Waals surface area contributed by atoms with E-state index in [1.807, 2.05) is 0 Å². The molecule has 0 aromatic carbocycles. The molecule has 8 heteroatoms. The number of rotatable bonds is 5. The van der Waals surface area contributed by atoms with Gasteiger partial charge >= 0.3 is 17.5 Å². The fraction of sp³-hybridized carbons (Fsp3) is 0.636. The van der Waals surface area contributed by atoms with Crippen LogP contribution < -0.4 is 4.74 Å². The van der Waals surface area contributed by atoms with E-state index in [9.17, 15) is 14.9 Å². The van der Waals surface area contributed by atoms with E-state index in [0.29, 0.717) is 0 Å². The van der Waals surface area contributed by atoms with Crippen LogP contribution in [0.25, 0.3) is 0 Å². The highest BCUT2D eigenvalue weighted by Gasteiger charge is 2.35. The van der Waals surface area contributed by atoms with Gasteiger partial charge in [-0.05, 0) is 27.7 Å². The molecule has 0 saturated heterocycles. The Balaban J connectivity index is 3.24. The number of aromatic nitrogens is 2. The van der Waals surface area contributed by atoms with E-state index in [1.54, 1.807) is 27.7 Å². The molecule has 0 aliphatic carbocycles. The molecular formula is C11H17N3O5. The number of carbonyl (C=O) groups excluding carboxylic acids is 1. The Morgan fingerprint density at radius 3 is 2.53 bits per heavy atom. The van der Waals surface area contributed by atoms with Gasteiger partial charge in [0.1, 0.15) is 6.20 Å². The van der Waals surface area contributed by atoms with Crippen molar-refractivity contribution in [2.75, 3.05) is 7.11 Å². The molecule has 0 bridgehead atoms. The smallest absolute Gasteiger partial charge is 0.350 e. The van der Waals surface area contributed by atoms with Gasteiger partial charge in [0.25, 0.3) is 0 Å². The van der Waals surface area contributed by atoms with Gasteiger partial charge < -0.3 is 9.47 Å². The largest absolute Gasteiger partial charge is 0.469 e. The zero-order valence-corrected chi connectivity index (χ0v) is 11.5. The van der Waals surface area contributed by atoms with Crippen LogP contribution in [-0.2, 0) is 15.1 Å². The molecule has 0 atom stereocenters. The quantitative estimate of drug-likeness (QED) is 0.457. The summed E-state index contributed by atoms with van der Waals surface area (Å²) in [6.45, 7) is 6.56. The first-order valence-corrected chi connectivity index (χ1v) is 5.69. The first-order valence-electron chi connectivity index (χ1n) is 5.69. The second-order valence-corrected chi connectivity index (χ2v) is 4.74. The van der Waals surface area contributed by atoms with Gasteiger partial charge in [0.15, 0.2) is 5.54 Å². The summed E-state index contributed by atoms with van der Waals surface area (Å²) in [4.78, 5) is 22.0. The number of hydrogen-bond acceptors (Lipinski definition) is 6. The summed E-state index contributed by atoms with van der Waals surface area (Å²) in [7, 11) is 1.24. The number of nitro groups is 1. The topological polar surface area (TPSA) is 96.5 Å². The Morgan fingerprint density at radius 1 is 1.53 bits per heavy atom. The lowest BCUT2D eigenvalue weighted by molar-refractivity contribution is -0.386. The van der Waals surface area contributed by atoms with E-state index < -0.39 is 16.4 Å². The van der Waals surface area contributed by atoms with Crippen LogP contribution in [0.15, 0.2) is 6.20 Å². The normalized spacial score (nSPS) is 11.5. The standard InChI is InChI=1S/C11H17N3O5/c1-7(2)19-9-8(14(16)17)6-13(12-9)11(3,4)10(15)18-5/h6-7H,1-5H3. The molecular weight excluding hydrogens is 254 g/mol. The Hall–Kier alpha value is -2.12. The van der Waals surface area contributed by atoms with Gasteiger partial charge in [-0.3, -0.25) is 10.1 Å². The van der Waals surface area contributed by atoms with E-state index in [1.165, 1.54) is 11.8 Å². The highest BCUT2D eigenvalue weighted by molar-refractivity contribution is 5.77. The molecule has 106 valence electrons. The predicted molar refractivity (Wildman–Crippen MR) is 66.0 cm³/mol. The molecule has 0 fully saturated rings. The Morgan fingerprint density at radius 2 is 2.11 bits per heavy atom. The molecule has 0 aliphatic heterocycles. The number of ether oxygens (including phenoxy) is 2. The number of carbonyl (C=O) groups is 1. The van der Waals surface area contributed by atoms with Crippen molar-refractivity contribution in [3.05, 3.63) is 16.3 Å². The number of methoxy groups -OCH3 is 1. The minimum Gasteiger partial charge on any atom is -0.469 e. The average Bonchev–Trinajstić information content (AvgIpc) is 2.71. The molecule has 8 nitrogen and oxygen atoms in total. The lowest BCUT2D eigenvalue weighted by Gasteiger charge is -2.21. The van der Waals surface area contributed by atoms with E-state index >= 15 is 0 Å². The zero-order chi connectivity index (χ0) is 14.8. The van der Waals surface area contributed by atoms with Crippen molar-refractivity contribution in [3.63, 3.8) is 0 Å². The van der Waals surface area contributed by atoms with Gasteiger partial charge in [-0.1, -0.05) is 0 Å². The molecule has 0 unspecified atom stereocenters. The Labute approximate surface area is 110 Å². The number of esters is 1. The van der Waals surface area contributed by atoms with Crippen molar-refractivity contribution < 1.29 is 19.2 Å². The summed E-state index contributed by atoms with van der Waals surface area (Å²) in [6, 6.07) is 0. The third-order valence-electron chi connectivity index (χ3n) is 2.46. The maximum atomic E-state index is 11.7. The molecule has 19 heavy (non-hydrogen) atoms. The van der Waals surface area contributed by atoms with Crippen molar-refractivity contribution in [1.29, 1.82) is 0 Å². The molecule has 0 radical (unpaired) electrons. The molecule has 1 rings (SSSR count). The fourth-order valence-corrected chi connectivity index (χ4v) is 1.41. The van der Waals surface area contributed by atoms with Crippen LogP contribution in [0.2, 0.25) is 0 Å². The van der Waals surface area contributed by atoms with E-state index in [-0.39, 0.29) is 17.7 Å². The predicted octanol–water partition coefficient (Wildman–Crippen LogP) is 1.49. The van der Waals surface area contributed by atoms with Crippen LogP contribution >= 0.6 is 0 Å². The molecule has 0 spiro atoms. The minimum atomic E-state index is -1.15. The van der Waals surface area contributed by atoms with Gasteiger partial charge in [0.05, 0.1) is 18.1 Å². The molecule has 0 amide bonds. The zero-order valence-electron chi connectivity index (χ0n) is 11.5. The Kier molecular flexibility index (Phi) is 4.13. The summed E-state index contributed by atoms with van der Waals surface area (Å²) >= 11 is 0. The minimum absolute atomic E-state index is 0.114. The second-order valence-electron chi connectivity index (χ2n) is 4.74. The highest BCUT2D eigenvalue weighted by atomic mass is 16.6. The lowest BCUT2D eigenvalue weighted by Crippen LogP contribution is -2.37. The summed E-state index contributed by atoms with van der Waals surface area (Å²) in [6.07, 6.45) is 0.900. The fourth-order valence-electron chi connectivity index (χ4n) is 1.41. The molecule has 1 aromatic rings. The van der Waals surface area contributed by atoms with Crippen LogP contribution in [0.4, 0.5) is 5.69 Å². The summed E-state index contributed by atoms with van der Waals surface area (Å²) in [5, 5.41) is 14.9. The van der Waals surface area contributed by atoms with Crippen molar-refractivity contribution >= 4 is 11.7 Å². The molecule has 0 N–H and O–H groups in total. The lowest BCUT2D eigenvalue weighted by atomic mass is 10.1. The summed E-state index contributed by atoms with van der Waals surface area (Å²) < 4.78 is 11.1. The molecule has 1 aromatic heterocycles.